The number of aliphatic hydroxyl groups excluding tert-OH is 2. The number of benzene rings is 2. The number of phenolic OH excluding ortho intramolecular Hbond substituents is 1. The summed E-state index contributed by atoms with van der Waals surface area (Å²) in [7, 11) is 0. The first-order valence-electron chi connectivity index (χ1n) is 10.1. The largest absolute Gasteiger partial charge is 0.507 e. The fraction of sp³-hybridized carbons (Fsp3) is 0.167. The molecule has 0 spiro atoms. The first kappa shape index (κ1) is 21.4. The summed E-state index contributed by atoms with van der Waals surface area (Å²) in [6.45, 7) is 1.10. The predicted molar refractivity (Wildman–Crippen MR) is 121 cm³/mol. The van der Waals surface area contributed by atoms with Crippen molar-refractivity contribution in [3.63, 3.8) is 0 Å². The minimum absolute atomic E-state index is 0.0214. The van der Waals surface area contributed by atoms with Gasteiger partial charge in [-0.1, -0.05) is 36.4 Å². The van der Waals surface area contributed by atoms with Crippen LogP contribution in [0.4, 0.5) is 5.69 Å². The number of para-hydroxylation sites is 2. The SMILES string of the molecule is Cc1[nH]c(C=C2C(=O)Nc3ccccc32)c(-c2ccccc2O)c1C(=O)NC[C@@H](O)CO. The number of H-pyrrole nitrogens is 1. The number of hydrogen-bond acceptors (Lipinski definition) is 5. The van der Waals surface area contributed by atoms with E-state index in [1.54, 1.807) is 31.2 Å². The molecule has 2 amide bonds. The van der Waals surface area contributed by atoms with Crippen molar-refractivity contribution in [3.05, 3.63) is 71.0 Å². The molecule has 1 atom stereocenters. The van der Waals surface area contributed by atoms with Crippen molar-refractivity contribution >= 4 is 29.2 Å². The van der Waals surface area contributed by atoms with Crippen LogP contribution < -0.4 is 10.6 Å². The Morgan fingerprint density at radius 3 is 2.53 bits per heavy atom. The molecule has 0 fully saturated rings. The van der Waals surface area contributed by atoms with Crippen LogP contribution >= 0.6 is 0 Å². The van der Waals surface area contributed by atoms with Gasteiger partial charge in [0.05, 0.1) is 23.8 Å². The summed E-state index contributed by atoms with van der Waals surface area (Å²) in [5.74, 6) is -0.768. The number of rotatable bonds is 6. The van der Waals surface area contributed by atoms with E-state index >= 15 is 0 Å². The molecule has 0 bridgehead atoms. The van der Waals surface area contributed by atoms with Gasteiger partial charge in [-0.05, 0) is 25.1 Å². The zero-order valence-corrected chi connectivity index (χ0v) is 17.3. The maximum absolute atomic E-state index is 13.0. The minimum Gasteiger partial charge on any atom is -0.507 e. The molecule has 2 heterocycles. The smallest absolute Gasteiger partial charge is 0.256 e. The van der Waals surface area contributed by atoms with Gasteiger partial charge in [-0.15, -0.1) is 0 Å². The van der Waals surface area contributed by atoms with Crippen molar-refractivity contribution in [2.45, 2.75) is 13.0 Å². The molecule has 0 aliphatic carbocycles. The number of aromatic amines is 1. The topological polar surface area (TPSA) is 135 Å². The summed E-state index contributed by atoms with van der Waals surface area (Å²) in [6.07, 6.45) is 0.571. The van der Waals surface area contributed by atoms with E-state index in [1.807, 2.05) is 24.3 Å². The van der Waals surface area contributed by atoms with E-state index in [2.05, 4.69) is 15.6 Å². The van der Waals surface area contributed by atoms with Crippen LogP contribution in [-0.4, -0.2) is 51.4 Å². The first-order valence-corrected chi connectivity index (χ1v) is 10.1. The summed E-state index contributed by atoms with van der Waals surface area (Å²) >= 11 is 0. The van der Waals surface area contributed by atoms with Crippen LogP contribution in [0.1, 0.15) is 27.3 Å². The number of nitrogens with one attached hydrogen (secondary N) is 3. The Morgan fingerprint density at radius 2 is 1.81 bits per heavy atom. The normalized spacial score (nSPS) is 14.8. The molecule has 0 saturated heterocycles. The molecule has 8 heteroatoms. The van der Waals surface area contributed by atoms with Gasteiger partial charge in [0.2, 0.25) is 0 Å². The van der Waals surface area contributed by atoms with E-state index in [9.17, 15) is 19.8 Å². The number of aryl methyl sites for hydroxylation is 1. The minimum atomic E-state index is -1.09. The Balaban J connectivity index is 1.86. The molecule has 0 radical (unpaired) electrons. The van der Waals surface area contributed by atoms with Crippen molar-refractivity contribution in [1.82, 2.24) is 10.3 Å². The van der Waals surface area contributed by atoms with E-state index in [0.29, 0.717) is 33.8 Å². The lowest BCUT2D eigenvalue weighted by Gasteiger charge is -2.12. The fourth-order valence-electron chi connectivity index (χ4n) is 3.80. The highest BCUT2D eigenvalue weighted by Gasteiger charge is 2.27. The van der Waals surface area contributed by atoms with Gasteiger partial charge in [0.15, 0.2) is 0 Å². The van der Waals surface area contributed by atoms with Crippen LogP contribution in [0.3, 0.4) is 0 Å². The first-order chi connectivity index (χ1) is 15.4. The highest BCUT2D eigenvalue weighted by atomic mass is 16.3. The third-order valence-electron chi connectivity index (χ3n) is 5.32. The summed E-state index contributed by atoms with van der Waals surface area (Å²) in [6, 6.07) is 13.9. The zero-order chi connectivity index (χ0) is 22.8. The number of carbonyl (C=O) groups excluding carboxylic acids is 2. The summed E-state index contributed by atoms with van der Waals surface area (Å²) in [5.41, 5.74) is 4.01. The number of amides is 2. The summed E-state index contributed by atoms with van der Waals surface area (Å²) in [4.78, 5) is 28.8. The lowest BCUT2D eigenvalue weighted by Crippen LogP contribution is -2.34. The van der Waals surface area contributed by atoms with E-state index in [-0.39, 0.29) is 23.8 Å². The van der Waals surface area contributed by atoms with Crippen molar-refractivity contribution in [2.75, 3.05) is 18.5 Å². The molecule has 164 valence electrons. The average molecular weight is 433 g/mol. The zero-order valence-electron chi connectivity index (χ0n) is 17.3. The molecule has 8 nitrogen and oxygen atoms in total. The quantitative estimate of drug-likeness (QED) is 0.332. The van der Waals surface area contributed by atoms with Gasteiger partial charge < -0.3 is 30.9 Å². The third-order valence-corrected chi connectivity index (χ3v) is 5.32. The second-order valence-electron chi connectivity index (χ2n) is 7.53. The highest BCUT2D eigenvalue weighted by Crippen LogP contribution is 2.39. The number of fused-ring (bicyclic) bond motifs is 1. The second-order valence-corrected chi connectivity index (χ2v) is 7.53. The molecule has 0 unspecified atom stereocenters. The molecule has 0 saturated carbocycles. The monoisotopic (exact) mass is 433 g/mol. The lowest BCUT2D eigenvalue weighted by molar-refractivity contribution is -0.110. The predicted octanol–water partition coefficient (Wildman–Crippen LogP) is 2.27. The lowest BCUT2D eigenvalue weighted by atomic mass is 9.96. The molecule has 32 heavy (non-hydrogen) atoms. The van der Waals surface area contributed by atoms with Crippen molar-refractivity contribution < 1.29 is 24.9 Å². The van der Waals surface area contributed by atoms with Gasteiger partial charge in [0, 0.05) is 40.3 Å². The molecule has 3 aromatic rings. The molecule has 2 aromatic carbocycles. The van der Waals surface area contributed by atoms with Gasteiger partial charge in [-0.25, -0.2) is 0 Å². The third kappa shape index (κ3) is 3.89. The number of aliphatic hydroxyl groups is 2. The van der Waals surface area contributed by atoms with Gasteiger partial charge in [-0.3, -0.25) is 9.59 Å². The van der Waals surface area contributed by atoms with Crippen LogP contribution in [0.5, 0.6) is 5.75 Å². The molecule has 6 N–H and O–H groups in total. The van der Waals surface area contributed by atoms with Gasteiger partial charge in [0.1, 0.15) is 5.75 Å². The number of carbonyl (C=O) groups is 2. The van der Waals surface area contributed by atoms with E-state index in [1.165, 1.54) is 6.07 Å². The van der Waals surface area contributed by atoms with E-state index < -0.39 is 18.6 Å². The molecule has 1 aliphatic rings. The van der Waals surface area contributed by atoms with Crippen molar-refractivity contribution in [3.8, 4) is 16.9 Å². The van der Waals surface area contributed by atoms with Crippen LogP contribution in [0.25, 0.3) is 22.8 Å². The standard InChI is InChI=1S/C24H23N3O5/c1-13-21(24(32)25-11-14(29)12-28)22(16-7-3-5-9-20(16)30)19(26-13)10-17-15-6-2-4-8-18(15)27-23(17)31/h2-10,14,26,28-30H,11-12H2,1H3,(H,25,32)(H,27,31)/t14-/m1/s1. The van der Waals surface area contributed by atoms with Gasteiger partial charge in [-0.2, -0.15) is 0 Å². The maximum atomic E-state index is 13.0. The number of hydrogen-bond donors (Lipinski definition) is 6. The van der Waals surface area contributed by atoms with Crippen LogP contribution in [0.2, 0.25) is 0 Å². The molecular weight excluding hydrogens is 410 g/mol. The number of aromatic hydroxyl groups is 1. The molecule has 1 aliphatic heterocycles. The number of aromatic nitrogens is 1. The average Bonchev–Trinajstić information content (AvgIpc) is 3.28. The van der Waals surface area contributed by atoms with Crippen molar-refractivity contribution in [2.24, 2.45) is 0 Å². The maximum Gasteiger partial charge on any atom is 0.256 e. The Labute approximate surface area is 184 Å². The summed E-state index contributed by atoms with van der Waals surface area (Å²) in [5, 5.41) is 34.6. The molecule has 1 aromatic heterocycles. The van der Waals surface area contributed by atoms with Gasteiger partial charge in [0.25, 0.3) is 11.8 Å². The Morgan fingerprint density at radius 1 is 1.12 bits per heavy atom. The second kappa shape index (κ2) is 8.70. The molecule has 4 rings (SSSR count). The van der Waals surface area contributed by atoms with E-state index in [4.69, 9.17) is 5.11 Å². The Kier molecular flexibility index (Phi) is 5.81. The fourth-order valence-corrected chi connectivity index (χ4v) is 3.80. The van der Waals surface area contributed by atoms with Crippen LogP contribution in [0, 0.1) is 6.92 Å². The number of anilines is 1. The van der Waals surface area contributed by atoms with E-state index in [0.717, 1.165) is 5.56 Å². The van der Waals surface area contributed by atoms with Crippen LogP contribution in [-0.2, 0) is 4.79 Å². The van der Waals surface area contributed by atoms with Gasteiger partial charge >= 0.3 is 0 Å². The highest BCUT2D eigenvalue weighted by molar-refractivity contribution is 6.35. The number of phenols is 1. The Hall–Kier alpha value is -3.88. The Bertz CT molecular complexity index is 1230. The van der Waals surface area contributed by atoms with Crippen molar-refractivity contribution in [1.29, 1.82) is 0 Å². The summed E-state index contributed by atoms with van der Waals surface area (Å²) < 4.78 is 0. The molecular formula is C24H23N3O5. The van der Waals surface area contributed by atoms with Crippen LogP contribution in [0.15, 0.2) is 48.5 Å².